The molecule has 0 saturated carbocycles. The fourth-order valence-electron chi connectivity index (χ4n) is 1.68. The predicted octanol–water partition coefficient (Wildman–Crippen LogP) is -0.0993. The van der Waals surface area contributed by atoms with Gasteiger partial charge in [0.2, 0.25) is 0 Å². The van der Waals surface area contributed by atoms with Crippen molar-refractivity contribution in [2.24, 2.45) is 19.9 Å². The van der Waals surface area contributed by atoms with Crippen LogP contribution < -0.4 is 11.3 Å². The van der Waals surface area contributed by atoms with E-state index in [4.69, 9.17) is 5.84 Å². The molecule has 86 valence electrons. The maximum absolute atomic E-state index is 5.54. The second-order valence-corrected chi connectivity index (χ2v) is 3.86. The maximum Gasteiger partial charge on any atom is 0.0810 e. The Labute approximate surface area is 94.0 Å². The summed E-state index contributed by atoms with van der Waals surface area (Å²) in [5, 5.41) is 8.46. The third-order valence-electron chi connectivity index (χ3n) is 2.49. The Morgan fingerprint density at radius 3 is 2.75 bits per heavy atom. The molecule has 1 unspecified atom stereocenters. The highest BCUT2D eigenvalue weighted by Crippen LogP contribution is 2.14. The molecule has 2 aromatic rings. The monoisotopic (exact) mass is 220 g/mol. The lowest BCUT2D eigenvalue weighted by molar-refractivity contribution is 0.529. The minimum Gasteiger partial charge on any atom is -0.276 e. The van der Waals surface area contributed by atoms with Crippen LogP contribution in [0.2, 0.25) is 0 Å². The van der Waals surface area contributed by atoms with Crippen LogP contribution in [0.3, 0.4) is 0 Å². The minimum absolute atomic E-state index is 0.0189. The molecule has 2 heterocycles. The lowest BCUT2D eigenvalue weighted by Gasteiger charge is -2.11. The zero-order valence-electron chi connectivity index (χ0n) is 9.46. The average molecular weight is 220 g/mol. The summed E-state index contributed by atoms with van der Waals surface area (Å²) < 4.78 is 3.55. The van der Waals surface area contributed by atoms with Crippen LogP contribution in [0.25, 0.3) is 0 Å². The SMILES string of the molecule is Cn1cc(CC(NN)c2ccn(C)n2)cn1. The number of hydrazine groups is 1. The fraction of sp³-hybridized carbons (Fsp3) is 0.400. The molecule has 2 rings (SSSR count). The summed E-state index contributed by atoms with van der Waals surface area (Å²) >= 11 is 0. The molecule has 6 heteroatoms. The van der Waals surface area contributed by atoms with E-state index in [0.29, 0.717) is 0 Å². The Hall–Kier alpha value is -1.66. The van der Waals surface area contributed by atoms with Crippen LogP contribution in [-0.2, 0) is 20.5 Å². The molecule has 0 aliphatic rings. The van der Waals surface area contributed by atoms with E-state index in [1.54, 1.807) is 9.36 Å². The summed E-state index contributed by atoms with van der Waals surface area (Å²) in [6.07, 6.45) is 6.50. The first kappa shape index (κ1) is 10.8. The summed E-state index contributed by atoms with van der Waals surface area (Å²) in [6, 6.07) is 1.98. The topological polar surface area (TPSA) is 73.7 Å². The minimum atomic E-state index is 0.0189. The maximum atomic E-state index is 5.54. The molecule has 0 aliphatic carbocycles. The Kier molecular flexibility index (Phi) is 3.02. The van der Waals surface area contributed by atoms with Gasteiger partial charge in [-0.3, -0.25) is 20.6 Å². The fourth-order valence-corrected chi connectivity index (χ4v) is 1.68. The van der Waals surface area contributed by atoms with Gasteiger partial charge in [-0.25, -0.2) is 0 Å². The number of nitrogens with two attached hydrogens (primary N) is 1. The molecule has 0 fully saturated rings. The first-order chi connectivity index (χ1) is 7.69. The Balaban J connectivity index is 2.12. The first-order valence-corrected chi connectivity index (χ1v) is 5.12. The summed E-state index contributed by atoms with van der Waals surface area (Å²) in [6.45, 7) is 0. The first-order valence-electron chi connectivity index (χ1n) is 5.12. The van der Waals surface area contributed by atoms with Crippen LogP contribution in [0.4, 0.5) is 0 Å². The van der Waals surface area contributed by atoms with Gasteiger partial charge in [-0.15, -0.1) is 0 Å². The lowest BCUT2D eigenvalue weighted by Crippen LogP contribution is -2.29. The zero-order chi connectivity index (χ0) is 11.5. The van der Waals surface area contributed by atoms with E-state index < -0.39 is 0 Å². The normalized spacial score (nSPS) is 12.9. The van der Waals surface area contributed by atoms with Gasteiger partial charge in [0.15, 0.2) is 0 Å². The largest absolute Gasteiger partial charge is 0.276 e. The molecule has 6 nitrogen and oxygen atoms in total. The number of aromatic nitrogens is 4. The van der Waals surface area contributed by atoms with Crippen molar-refractivity contribution in [1.82, 2.24) is 25.0 Å². The highest BCUT2D eigenvalue weighted by Gasteiger charge is 2.13. The van der Waals surface area contributed by atoms with Gasteiger partial charge in [0.1, 0.15) is 0 Å². The van der Waals surface area contributed by atoms with Gasteiger partial charge in [0, 0.05) is 26.5 Å². The molecular formula is C10H16N6. The molecule has 16 heavy (non-hydrogen) atoms. The van der Waals surface area contributed by atoms with Crippen molar-refractivity contribution in [3.63, 3.8) is 0 Å². The van der Waals surface area contributed by atoms with Crippen LogP contribution in [0.1, 0.15) is 17.3 Å². The molecule has 0 radical (unpaired) electrons. The van der Waals surface area contributed by atoms with E-state index in [2.05, 4.69) is 15.6 Å². The van der Waals surface area contributed by atoms with Crippen LogP contribution >= 0.6 is 0 Å². The molecule has 0 spiro atoms. The highest BCUT2D eigenvalue weighted by molar-refractivity contribution is 5.13. The Morgan fingerprint density at radius 2 is 2.25 bits per heavy atom. The number of nitrogens with one attached hydrogen (secondary N) is 1. The molecular weight excluding hydrogens is 204 g/mol. The molecule has 0 aromatic carbocycles. The van der Waals surface area contributed by atoms with Gasteiger partial charge in [-0.05, 0) is 18.1 Å². The van der Waals surface area contributed by atoms with Crippen LogP contribution in [-0.4, -0.2) is 19.6 Å². The van der Waals surface area contributed by atoms with Crippen molar-refractivity contribution in [2.45, 2.75) is 12.5 Å². The van der Waals surface area contributed by atoms with Crippen LogP contribution in [0, 0.1) is 0 Å². The van der Waals surface area contributed by atoms with Gasteiger partial charge >= 0.3 is 0 Å². The van der Waals surface area contributed by atoms with E-state index in [-0.39, 0.29) is 6.04 Å². The van der Waals surface area contributed by atoms with Gasteiger partial charge < -0.3 is 0 Å². The second kappa shape index (κ2) is 4.46. The molecule has 0 aliphatic heterocycles. The van der Waals surface area contributed by atoms with Gasteiger partial charge in [-0.1, -0.05) is 0 Å². The van der Waals surface area contributed by atoms with Gasteiger partial charge in [-0.2, -0.15) is 10.2 Å². The van der Waals surface area contributed by atoms with E-state index in [9.17, 15) is 0 Å². The molecule has 2 aromatic heterocycles. The number of nitrogens with zero attached hydrogens (tertiary/aromatic N) is 4. The quantitative estimate of drug-likeness (QED) is 0.557. The van der Waals surface area contributed by atoms with Crippen LogP contribution in [0.15, 0.2) is 24.7 Å². The third-order valence-corrected chi connectivity index (χ3v) is 2.49. The number of hydrogen-bond donors (Lipinski definition) is 2. The summed E-state index contributed by atoms with van der Waals surface area (Å²) in [5.41, 5.74) is 4.85. The summed E-state index contributed by atoms with van der Waals surface area (Å²) in [4.78, 5) is 0. The number of rotatable bonds is 4. The van der Waals surface area contributed by atoms with E-state index in [0.717, 1.165) is 17.7 Å². The van der Waals surface area contributed by atoms with Gasteiger partial charge in [0.25, 0.3) is 0 Å². The number of aryl methyl sites for hydroxylation is 2. The highest BCUT2D eigenvalue weighted by atomic mass is 15.3. The Morgan fingerprint density at radius 1 is 1.44 bits per heavy atom. The molecule has 3 N–H and O–H groups in total. The third kappa shape index (κ3) is 2.29. The predicted molar refractivity (Wildman–Crippen MR) is 60.2 cm³/mol. The van der Waals surface area contributed by atoms with Crippen molar-refractivity contribution in [3.8, 4) is 0 Å². The second-order valence-electron chi connectivity index (χ2n) is 3.86. The van der Waals surface area contributed by atoms with Gasteiger partial charge in [0.05, 0.1) is 17.9 Å². The van der Waals surface area contributed by atoms with Crippen LogP contribution in [0.5, 0.6) is 0 Å². The lowest BCUT2D eigenvalue weighted by atomic mass is 10.1. The Bertz CT molecular complexity index is 457. The summed E-state index contributed by atoms with van der Waals surface area (Å²) in [7, 11) is 3.79. The molecule has 0 bridgehead atoms. The summed E-state index contributed by atoms with van der Waals surface area (Å²) in [5.74, 6) is 5.54. The smallest absolute Gasteiger partial charge is 0.0810 e. The number of hydrogen-bond acceptors (Lipinski definition) is 4. The van der Waals surface area contributed by atoms with Crippen molar-refractivity contribution in [2.75, 3.05) is 0 Å². The van der Waals surface area contributed by atoms with E-state index >= 15 is 0 Å². The van der Waals surface area contributed by atoms with Crippen molar-refractivity contribution in [3.05, 3.63) is 35.9 Å². The van der Waals surface area contributed by atoms with E-state index in [1.165, 1.54) is 0 Å². The standard InChI is InChI=1S/C10H16N6/c1-15-4-3-9(14-15)10(13-11)5-8-6-12-16(2)7-8/h3-4,6-7,10,13H,5,11H2,1-2H3. The van der Waals surface area contributed by atoms with E-state index in [1.807, 2.05) is 38.8 Å². The van der Waals surface area contributed by atoms with Crippen molar-refractivity contribution >= 4 is 0 Å². The zero-order valence-corrected chi connectivity index (χ0v) is 9.46. The average Bonchev–Trinajstić information content (AvgIpc) is 2.84. The van der Waals surface area contributed by atoms with Crippen molar-refractivity contribution in [1.29, 1.82) is 0 Å². The molecule has 0 amide bonds. The molecule has 0 saturated heterocycles. The molecule has 1 atom stereocenters. The van der Waals surface area contributed by atoms with Crippen molar-refractivity contribution < 1.29 is 0 Å².